The fourth-order valence-electron chi connectivity index (χ4n) is 4.65. The second kappa shape index (κ2) is 8.18. The molecule has 0 aromatic carbocycles. The Labute approximate surface area is 200 Å². The van der Waals surface area contributed by atoms with Gasteiger partial charge in [-0.25, -0.2) is 18.1 Å². The van der Waals surface area contributed by atoms with E-state index in [2.05, 4.69) is 29.7 Å². The summed E-state index contributed by atoms with van der Waals surface area (Å²) in [5, 5.41) is 7.12. The van der Waals surface area contributed by atoms with Crippen LogP contribution in [-0.2, 0) is 14.8 Å². The van der Waals surface area contributed by atoms with Crippen molar-refractivity contribution < 1.29 is 26.4 Å². The molecule has 188 valence electrons. The molecule has 0 radical (unpaired) electrons. The maximum Gasteiger partial charge on any atom is 0.314 e. The predicted molar refractivity (Wildman–Crippen MR) is 120 cm³/mol. The number of rotatable bonds is 6. The highest BCUT2D eigenvalue weighted by molar-refractivity contribution is 7.89. The molecule has 0 bridgehead atoms. The number of hydrogen-bond donors (Lipinski definition) is 1. The predicted octanol–water partition coefficient (Wildman–Crippen LogP) is 1.67. The van der Waals surface area contributed by atoms with E-state index < -0.39 is 27.9 Å². The van der Waals surface area contributed by atoms with E-state index in [0.717, 1.165) is 25.9 Å². The first kappa shape index (κ1) is 22.8. The van der Waals surface area contributed by atoms with Crippen LogP contribution in [0.2, 0.25) is 0 Å². The van der Waals surface area contributed by atoms with Crippen molar-refractivity contribution in [3.63, 3.8) is 0 Å². The van der Waals surface area contributed by atoms with Gasteiger partial charge >= 0.3 is 6.43 Å². The highest BCUT2D eigenvalue weighted by atomic mass is 32.2. The molecule has 11 nitrogen and oxygen atoms in total. The molecule has 1 aliphatic carbocycles. The zero-order valence-corrected chi connectivity index (χ0v) is 19.8. The third kappa shape index (κ3) is 4.17. The molecule has 6 rings (SSSR count). The maximum absolute atomic E-state index is 13.3. The minimum absolute atomic E-state index is 0.0447. The number of ether oxygens (including phenoxy) is 1. The van der Waals surface area contributed by atoms with Crippen LogP contribution in [-0.4, -0.2) is 83.9 Å². The number of morpholine rings is 1. The molecule has 0 unspecified atom stereocenters. The molecule has 1 saturated carbocycles. The number of nitrogens with one attached hydrogen (secondary N) is 1. The zero-order chi connectivity index (χ0) is 24.4. The first-order valence-corrected chi connectivity index (χ1v) is 12.9. The monoisotopic (exact) mass is 509 g/mol. The summed E-state index contributed by atoms with van der Waals surface area (Å²) in [6, 6.07) is 1.80. The van der Waals surface area contributed by atoms with Crippen LogP contribution in [0.15, 0.2) is 27.8 Å². The van der Waals surface area contributed by atoms with Crippen LogP contribution in [0.1, 0.15) is 32.1 Å². The maximum atomic E-state index is 13.3. The molecule has 3 aromatic heterocycles. The van der Waals surface area contributed by atoms with Crippen molar-refractivity contribution in [2.75, 3.05) is 44.3 Å². The summed E-state index contributed by atoms with van der Waals surface area (Å²) < 4.78 is 67.8. The Balaban J connectivity index is 1.46. The van der Waals surface area contributed by atoms with Crippen molar-refractivity contribution in [2.45, 2.75) is 42.7 Å². The Morgan fingerprint density at radius 2 is 2.06 bits per heavy atom. The van der Waals surface area contributed by atoms with E-state index in [1.165, 1.54) is 16.8 Å². The Kier molecular flexibility index (Phi) is 5.32. The first-order valence-electron chi connectivity index (χ1n) is 11.5. The van der Waals surface area contributed by atoms with Gasteiger partial charge in [0.05, 0.1) is 31.1 Å². The number of nitrogens with zero attached hydrogens (tertiary/aromatic N) is 6. The van der Waals surface area contributed by atoms with Gasteiger partial charge in [0, 0.05) is 37.9 Å². The van der Waals surface area contributed by atoms with Gasteiger partial charge in [0.2, 0.25) is 10.0 Å². The van der Waals surface area contributed by atoms with Gasteiger partial charge in [-0.1, -0.05) is 0 Å². The third-order valence-electron chi connectivity index (χ3n) is 6.88. The fraction of sp³-hybridized carbons (Fsp3) is 0.571. The standard InChI is InChI=1S/C21H25F2N7O4S/c1-21(2-3-21)27-35(31,32)14-8-15(29-5-4-28-6-7-33-12-13(28)10-29)18-24-9-16(30(18)11-14)19-25-26-20(34-19)17(22)23/h8-9,11,13,17,27H,2-7,10,12H2,1H3/t13-/m1/s1. The number of halogens is 2. The molecule has 14 heteroatoms. The molecule has 1 N–H and O–H groups in total. The molecule has 3 aliphatic rings. The van der Waals surface area contributed by atoms with Gasteiger partial charge in [-0.2, -0.15) is 8.78 Å². The summed E-state index contributed by atoms with van der Waals surface area (Å²) in [5.74, 6) is -0.975. The SMILES string of the molecule is CC1(NS(=O)(=O)c2cc(N3CCN4CCOC[C@H]4C3)c3ncc(-c4nnc(C(F)F)o4)n3c2)CC1. The minimum Gasteiger partial charge on any atom is -0.414 e. The lowest BCUT2D eigenvalue weighted by molar-refractivity contribution is -0.0116. The number of pyridine rings is 1. The summed E-state index contributed by atoms with van der Waals surface area (Å²) in [7, 11) is -3.86. The Bertz CT molecular complexity index is 1370. The second-order valence-electron chi connectivity index (χ2n) is 9.52. The van der Waals surface area contributed by atoms with E-state index in [-0.39, 0.29) is 22.5 Å². The molecule has 2 saturated heterocycles. The summed E-state index contributed by atoms with van der Waals surface area (Å²) in [4.78, 5) is 8.99. The van der Waals surface area contributed by atoms with Crippen molar-refractivity contribution in [1.82, 2.24) is 29.2 Å². The van der Waals surface area contributed by atoms with Crippen LogP contribution < -0.4 is 9.62 Å². The number of anilines is 1. The number of aromatic nitrogens is 4. The van der Waals surface area contributed by atoms with Gasteiger partial charge in [0.15, 0.2) is 5.65 Å². The van der Waals surface area contributed by atoms with Crippen LogP contribution in [0, 0.1) is 0 Å². The van der Waals surface area contributed by atoms with Gasteiger partial charge in [-0.05, 0) is 25.8 Å². The van der Waals surface area contributed by atoms with E-state index in [4.69, 9.17) is 9.15 Å². The zero-order valence-electron chi connectivity index (χ0n) is 19.0. The van der Waals surface area contributed by atoms with Gasteiger partial charge < -0.3 is 14.1 Å². The van der Waals surface area contributed by atoms with E-state index in [0.29, 0.717) is 37.6 Å². The molecule has 0 amide bonds. The normalized spacial score (nSPS) is 22.6. The van der Waals surface area contributed by atoms with Crippen LogP contribution >= 0.6 is 0 Å². The molecule has 2 aliphatic heterocycles. The summed E-state index contributed by atoms with van der Waals surface area (Å²) in [5.41, 5.74) is 0.863. The topological polar surface area (TPSA) is 118 Å². The smallest absolute Gasteiger partial charge is 0.314 e. The lowest BCUT2D eigenvalue weighted by Gasteiger charge is -2.44. The van der Waals surface area contributed by atoms with Gasteiger partial charge in [-0.15, -0.1) is 10.2 Å². The van der Waals surface area contributed by atoms with E-state index in [1.807, 2.05) is 6.92 Å². The van der Waals surface area contributed by atoms with Crippen molar-refractivity contribution >= 4 is 21.4 Å². The number of sulfonamides is 1. The molecular weight excluding hydrogens is 484 g/mol. The fourth-order valence-corrected chi connectivity index (χ4v) is 6.13. The lowest BCUT2D eigenvalue weighted by atomic mass is 10.1. The summed E-state index contributed by atoms with van der Waals surface area (Å²) in [6.45, 7) is 6.15. The third-order valence-corrected chi connectivity index (χ3v) is 8.48. The Morgan fingerprint density at radius 3 is 2.80 bits per heavy atom. The average molecular weight is 510 g/mol. The van der Waals surface area contributed by atoms with Crippen LogP contribution in [0.4, 0.5) is 14.5 Å². The minimum atomic E-state index is -3.86. The molecular formula is C21H25F2N7O4S. The first-order chi connectivity index (χ1) is 16.7. The van der Waals surface area contributed by atoms with E-state index in [9.17, 15) is 17.2 Å². The number of hydrogen-bond acceptors (Lipinski definition) is 9. The van der Waals surface area contributed by atoms with Gasteiger partial charge in [0.1, 0.15) is 10.6 Å². The van der Waals surface area contributed by atoms with Crippen LogP contribution in [0.25, 0.3) is 17.2 Å². The van der Waals surface area contributed by atoms with Gasteiger partial charge in [-0.3, -0.25) is 9.30 Å². The molecule has 3 aromatic rings. The Morgan fingerprint density at radius 1 is 1.23 bits per heavy atom. The lowest BCUT2D eigenvalue weighted by Crippen LogP contribution is -2.58. The second-order valence-corrected chi connectivity index (χ2v) is 11.2. The Hall–Kier alpha value is -2.68. The number of alkyl halides is 2. The quantitative estimate of drug-likeness (QED) is 0.529. The average Bonchev–Trinajstić information content (AvgIpc) is 3.22. The van der Waals surface area contributed by atoms with Crippen molar-refractivity contribution in [3.05, 3.63) is 24.4 Å². The summed E-state index contributed by atoms with van der Waals surface area (Å²) >= 11 is 0. The summed E-state index contributed by atoms with van der Waals surface area (Å²) in [6.07, 6.45) is 1.45. The molecule has 0 spiro atoms. The number of piperazine rings is 1. The molecule has 35 heavy (non-hydrogen) atoms. The van der Waals surface area contributed by atoms with Gasteiger partial charge in [0.25, 0.3) is 11.8 Å². The van der Waals surface area contributed by atoms with Crippen molar-refractivity contribution in [1.29, 1.82) is 0 Å². The molecule has 3 fully saturated rings. The van der Waals surface area contributed by atoms with E-state index in [1.54, 1.807) is 6.07 Å². The van der Waals surface area contributed by atoms with Crippen LogP contribution in [0.5, 0.6) is 0 Å². The van der Waals surface area contributed by atoms with Crippen molar-refractivity contribution in [2.24, 2.45) is 0 Å². The van der Waals surface area contributed by atoms with Crippen LogP contribution in [0.3, 0.4) is 0 Å². The number of imidazole rings is 1. The van der Waals surface area contributed by atoms with Crippen molar-refractivity contribution in [3.8, 4) is 11.6 Å². The molecule has 5 heterocycles. The molecule has 1 atom stereocenters. The number of fused-ring (bicyclic) bond motifs is 2. The highest BCUT2D eigenvalue weighted by Crippen LogP contribution is 2.37. The largest absolute Gasteiger partial charge is 0.414 e. The highest BCUT2D eigenvalue weighted by Gasteiger charge is 2.42. The van der Waals surface area contributed by atoms with E-state index >= 15 is 0 Å².